The number of quaternary nitrogens is 1. The van der Waals surface area contributed by atoms with Gasteiger partial charge in [0.1, 0.15) is 17.9 Å². The Morgan fingerprint density at radius 3 is 2.48 bits per heavy atom. The second-order valence-electron chi connectivity index (χ2n) is 12.5. The molecule has 0 bridgehead atoms. The topological polar surface area (TPSA) is 64.6 Å². The zero-order valence-corrected chi connectivity index (χ0v) is 24.4. The van der Waals surface area contributed by atoms with E-state index in [9.17, 15) is 22.8 Å². The largest absolute Gasteiger partial charge is 0.427 e. The number of fused-ring (bicyclic) bond motifs is 1. The number of carbonyl (C=O) groups excluding carboxylic acids is 2. The highest BCUT2D eigenvalue weighted by molar-refractivity contribution is 5.94. The summed E-state index contributed by atoms with van der Waals surface area (Å²) in [6.07, 6.45) is 1.05. The molecule has 1 N–H and O–H groups in total. The number of halogens is 3. The molecule has 9 heteroatoms. The minimum absolute atomic E-state index is 0.180. The van der Waals surface area contributed by atoms with E-state index in [0.29, 0.717) is 24.2 Å². The fourth-order valence-corrected chi connectivity index (χ4v) is 7.28. The first-order chi connectivity index (χ1) is 19.9. The van der Waals surface area contributed by atoms with Crippen molar-refractivity contribution < 1.29 is 36.7 Å². The summed E-state index contributed by atoms with van der Waals surface area (Å²) in [4.78, 5) is 24.6. The Kier molecular flexibility index (Phi) is 8.16. The van der Waals surface area contributed by atoms with Gasteiger partial charge >= 0.3 is 12.1 Å². The maximum absolute atomic E-state index is 12.9. The molecule has 2 saturated carbocycles. The number of benzene rings is 2. The monoisotopic (exact) mass is 583 g/mol. The van der Waals surface area contributed by atoms with Crippen LogP contribution in [0, 0.1) is 17.8 Å². The lowest BCUT2D eigenvalue weighted by Gasteiger charge is -2.61. The predicted molar refractivity (Wildman–Crippen MR) is 151 cm³/mol. The lowest BCUT2D eigenvalue weighted by Crippen LogP contribution is -2.72. The number of esters is 1. The summed E-state index contributed by atoms with van der Waals surface area (Å²) in [6, 6.07) is 11.9. The van der Waals surface area contributed by atoms with Gasteiger partial charge in [-0.15, -0.1) is 0 Å². The maximum Gasteiger partial charge on any atom is 0.416 e. The van der Waals surface area contributed by atoms with Gasteiger partial charge in [-0.2, -0.15) is 13.2 Å². The van der Waals surface area contributed by atoms with Crippen LogP contribution < -0.4 is 10.1 Å². The number of hydrogen-bond donors (Lipinski definition) is 1. The van der Waals surface area contributed by atoms with Crippen molar-refractivity contribution in [2.24, 2.45) is 5.92 Å². The van der Waals surface area contributed by atoms with E-state index in [1.807, 2.05) is 12.1 Å². The van der Waals surface area contributed by atoms with Gasteiger partial charge in [-0.1, -0.05) is 18.1 Å². The van der Waals surface area contributed by atoms with Crippen LogP contribution in [0.1, 0.15) is 62.1 Å². The van der Waals surface area contributed by atoms with Crippen LogP contribution in [-0.4, -0.2) is 61.8 Å². The van der Waals surface area contributed by atoms with Crippen molar-refractivity contribution in [3.8, 4) is 17.6 Å². The Labute approximate surface area is 245 Å². The van der Waals surface area contributed by atoms with E-state index in [2.05, 4.69) is 30.3 Å². The van der Waals surface area contributed by atoms with Gasteiger partial charge in [-0.05, 0) is 74.1 Å². The Balaban J connectivity index is 1.40. The van der Waals surface area contributed by atoms with E-state index in [1.165, 1.54) is 31.9 Å². The first-order valence-electron chi connectivity index (χ1n) is 14.5. The van der Waals surface area contributed by atoms with Gasteiger partial charge in [0.2, 0.25) is 0 Å². The molecular weight excluding hydrogens is 545 g/mol. The molecule has 42 heavy (non-hydrogen) atoms. The van der Waals surface area contributed by atoms with Gasteiger partial charge in [0.05, 0.1) is 25.7 Å². The zero-order chi connectivity index (χ0) is 30.2. The van der Waals surface area contributed by atoms with Crippen LogP contribution in [0.15, 0.2) is 48.5 Å². The normalized spacial score (nSPS) is 29.0. The summed E-state index contributed by atoms with van der Waals surface area (Å²) < 4.78 is 51.5. The molecular formula is C33H38F3N2O4+. The standard InChI is InChI=1S/C33H37F3N2O4/c1-23(39)42-29-6-4-5-27(19-29)31-17-18-38(2,21-25-7-8-25)22-32(31,41-3)16-15-28(20-31)37-30(40)14-11-24-9-12-26(13-10-24)33(34,35)36/h4-6,9-10,12-13,19,25,28H,7-8,15-18,20-22H2,1-3H3/p+1/t28-,31-,32?,38+/m0/s1. The minimum Gasteiger partial charge on any atom is -0.427 e. The summed E-state index contributed by atoms with van der Waals surface area (Å²) in [5.74, 6) is 5.62. The van der Waals surface area contributed by atoms with Crippen molar-refractivity contribution >= 4 is 11.9 Å². The van der Waals surface area contributed by atoms with Gasteiger partial charge < -0.3 is 19.3 Å². The van der Waals surface area contributed by atoms with Gasteiger partial charge in [-0.25, -0.2) is 0 Å². The molecule has 6 nitrogen and oxygen atoms in total. The van der Waals surface area contributed by atoms with E-state index >= 15 is 0 Å². The first-order valence-corrected chi connectivity index (χ1v) is 14.5. The number of likely N-dealkylation sites (tertiary alicyclic amines) is 1. The van der Waals surface area contributed by atoms with Crippen molar-refractivity contribution in [1.29, 1.82) is 0 Å². The Hall–Kier alpha value is -3.35. The van der Waals surface area contributed by atoms with Gasteiger partial charge in [0.25, 0.3) is 5.91 Å². The zero-order valence-electron chi connectivity index (χ0n) is 24.4. The first kappa shape index (κ1) is 30.1. The smallest absolute Gasteiger partial charge is 0.416 e. The third-order valence-electron chi connectivity index (χ3n) is 9.38. The number of nitrogens with one attached hydrogen (secondary N) is 1. The Morgan fingerprint density at radius 2 is 1.83 bits per heavy atom. The number of rotatable bonds is 6. The third kappa shape index (κ3) is 6.35. The molecule has 0 spiro atoms. The fourth-order valence-electron chi connectivity index (χ4n) is 7.28. The third-order valence-corrected chi connectivity index (χ3v) is 9.38. The minimum atomic E-state index is -4.43. The molecule has 1 heterocycles. The summed E-state index contributed by atoms with van der Waals surface area (Å²) in [6.45, 7) is 4.33. The van der Waals surface area contributed by atoms with Gasteiger partial charge in [0, 0.05) is 49.3 Å². The molecule has 0 radical (unpaired) electrons. The molecule has 2 aromatic rings. The number of alkyl halides is 3. The molecule has 5 rings (SSSR count). The molecule has 3 fully saturated rings. The summed E-state index contributed by atoms with van der Waals surface area (Å²) >= 11 is 0. The maximum atomic E-state index is 12.9. The van der Waals surface area contributed by atoms with E-state index in [0.717, 1.165) is 60.6 Å². The van der Waals surface area contributed by atoms with Crippen LogP contribution in [0.25, 0.3) is 0 Å². The fraction of sp³-hybridized carbons (Fsp3) is 0.515. The van der Waals surface area contributed by atoms with E-state index in [-0.39, 0.29) is 12.0 Å². The van der Waals surface area contributed by atoms with E-state index in [4.69, 9.17) is 9.47 Å². The highest BCUT2D eigenvalue weighted by atomic mass is 19.4. The Bertz CT molecular complexity index is 1390. The molecule has 0 aromatic heterocycles. The molecule has 2 aliphatic carbocycles. The second-order valence-corrected chi connectivity index (χ2v) is 12.5. The number of nitrogens with zero attached hydrogens (tertiary/aromatic N) is 1. The molecule has 1 amide bonds. The number of carbonyl (C=O) groups is 2. The lowest BCUT2D eigenvalue weighted by atomic mass is 9.54. The molecule has 1 unspecified atom stereocenters. The van der Waals surface area contributed by atoms with Crippen molar-refractivity contribution in [3.05, 3.63) is 65.2 Å². The predicted octanol–water partition coefficient (Wildman–Crippen LogP) is 5.23. The van der Waals surface area contributed by atoms with Crippen molar-refractivity contribution in [2.45, 2.75) is 68.7 Å². The molecule has 1 aliphatic heterocycles. The number of likely N-dealkylation sites (N-methyl/N-ethyl adjacent to an activating group) is 1. The molecule has 1 saturated heterocycles. The number of piperidine rings is 1. The summed E-state index contributed by atoms with van der Waals surface area (Å²) in [5, 5.41) is 3.06. The average molecular weight is 584 g/mol. The highest BCUT2D eigenvalue weighted by Gasteiger charge is 2.63. The van der Waals surface area contributed by atoms with Crippen LogP contribution in [0.4, 0.5) is 13.2 Å². The summed E-state index contributed by atoms with van der Waals surface area (Å²) in [7, 11) is 4.11. The molecule has 3 aliphatic rings. The SMILES string of the molecule is COC12CC[C@H](NC(=O)C#Cc3ccc(C(F)(F)F)cc3)C[C@]1(c1cccc(OC(C)=O)c1)CC[N@+](C)(CC1CC1)C2. The number of hydrogen-bond acceptors (Lipinski definition) is 4. The van der Waals surface area contributed by atoms with Crippen LogP contribution in [-0.2, 0) is 25.9 Å². The van der Waals surface area contributed by atoms with Crippen molar-refractivity contribution in [1.82, 2.24) is 5.32 Å². The average Bonchev–Trinajstić information content (AvgIpc) is 3.75. The lowest BCUT2D eigenvalue weighted by molar-refractivity contribution is -0.925. The highest BCUT2D eigenvalue weighted by Crippen LogP contribution is 2.55. The van der Waals surface area contributed by atoms with E-state index < -0.39 is 28.7 Å². The van der Waals surface area contributed by atoms with Gasteiger partial charge in [-0.3, -0.25) is 9.59 Å². The number of methoxy groups -OCH3 is 1. The Morgan fingerprint density at radius 1 is 1.10 bits per heavy atom. The quantitative estimate of drug-likeness (QED) is 0.219. The second kappa shape index (κ2) is 11.4. The van der Waals surface area contributed by atoms with Crippen molar-refractivity contribution in [3.63, 3.8) is 0 Å². The van der Waals surface area contributed by atoms with Crippen LogP contribution in [0.5, 0.6) is 5.75 Å². The van der Waals surface area contributed by atoms with Crippen molar-refractivity contribution in [2.75, 3.05) is 33.8 Å². The molecule has 2 aromatic carbocycles. The van der Waals surface area contributed by atoms with E-state index in [1.54, 1.807) is 13.2 Å². The number of ether oxygens (including phenoxy) is 2. The van der Waals surface area contributed by atoms with Gasteiger partial charge in [0.15, 0.2) is 0 Å². The van der Waals surface area contributed by atoms with Crippen LogP contribution in [0.3, 0.4) is 0 Å². The molecule has 4 atom stereocenters. The molecule has 224 valence electrons. The van der Waals surface area contributed by atoms with Crippen LogP contribution >= 0.6 is 0 Å². The number of amides is 1. The summed E-state index contributed by atoms with van der Waals surface area (Å²) in [5.41, 5.74) is -0.314. The van der Waals surface area contributed by atoms with Crippen LogP contribution in [0.2, 0.25) is 0 Å².